The van der Waals surface area contributed by atoms with Gasteiger partial charge in [0.05, 0.1) is 12.1 Å². The summed E-state index contributed by atoms with van der Waals surface area (Å²) in [6.07, 6.45) is 1.19. The topological polar surface area (TPSA) is 89.9 Å². The number of ether oxygens (including phenoxy) is 2. The zero-order chi connectivity index (χ0) is 23.4. The first-order valence-corrected chi connectivity index (χ1v) is 11.1. The molecule has 0 unspecified atom stereocenters. The predicted molar refractivity (Wildman–Crippen MR) is 124 cm³/mol. The Kier molecular flexibility index (Phi) is 6.63. The maximum Gasteiger partial charge on any atom is 0.292 e. The number of aromatic nitrogens is 1. The molecule has 0 spiro atoms. The number of benzene rings is 2. The number of Topliss-reactive ketones (excluding diaryl/α,β-unsaturated/α-hetero) is 1. The van der Waals surface area contributed by atoms with Crippen molar-refractivity contribution >= 4 is 28.5 Å². The first-order valence-electron chi connectivity index (χ1n) is 11.1. The van der Waals surface area contributed by atoms with Gasteiger partial charge in [0.25, 0.3) is 11.7 Å². The van der Waals surface area contributed by atoms with E-state index < -0.39 is 17.8 Å². The fourth-order valence-corrected chi connectivity index (χ4v) is 3.95. The van der Waals surface area contributed by atoms with Crippen LogP contribution >= 0.6 is 0 Å². The second-order valence-electron chi connectivity index (χ2n) is 7.79. The minimum absolute atomic E-state index is 0.0427. The Balaban J connectivity index is 1.46. The number of nitrogens with one attached hydrogen (secondary N) is 1. The quantitative estimate of drug-likeness (QED) is 0.422. The van der Waals surface area contributed by atoms with Crippen LogP contribution < -0.4 is 14.8 Å². The average molecular weight is 450 g/mol. The van der Waals surface area contributed by atoms with Crippen LogP contribution in [0.2, 0.25) is 0 Å². The Bertz CT molecular complexity index is 1180. The second kappa shape index (κ2) is 9.77. The summed E-state index contributed by atoms with van der Waals surface area (Å²) in [6.45, 7) is 5.59. The average Bonchev–Trinajstić information content (AvgIpc) is 3.21. The molecule has 33 heavy (non-hydrogen) atoms. The number of amides is 2. The molecule has 0 saturated carbocycles. The molecular formula is C25H27N3O5. The minimum Gasteiger partial charge on any atom is -0.486 e. The van der Waals surface area contributed by atoms with Gasteiger partial charge in [-0.1, -0.05) is 30.3 Å². The highest BCUT2D eigenvalue weighted by atomic mass is 16.6. The molecule has 3 aromatic rings. The monoisotopic (exact) mass is 449 g/mol. The van der Waals surface area contributed by atoms with E-state index in [9.17, 15) is 14.4 Å². The molecular weight excluding hydrogens is 422 g/mol. The van der Waals surface area contributed by atoms with Gasteiger partial charge in [0.1, 0.15) is 19.3 Å². The summed E-state index contributed by atoms with van der Waals surface area (Å²) in [7, 11) is 0. The molecule has 8 heteroatoms. The zero-order valence-electron chi connectivity index (χ0n) is 18.7. The van der Waals surface area contributed by atoms with Crippen molar-refractivity contribution in [2.24, 2.45) is 0 Å². The van der Waals surface area contributed by atoms with E-state index in [1.54, 1.807) is 33.9 Å². The second-order valence-corrected chi connectivity index (χ2v) is 7.79. The van der Waals surface area contributed by atoms with Gasteiger partial charge < -0.3 is 24.3 Å². The highest BCUT2D eigenvalue weighted by Crippen LogP contribution is 2.30. The minimum atomic E-state index is -0.726. The number of likely N-dealkylation sites (N-methyl/N-ethyl adjacent to an activating group) is 1. The van der Waals surface area contributed by atoms with Crippen molar-refractivity contribution in [1.29, 1.82) is 0 Å². The normalized spacial score (nSPS) is 14.7. The Labute approximate surface area is 192 Å². The summed E-state index contributed by atoms with van der Waals surface area (Å²) in [5.74, 6) is -0.162. The van der Waals surface area contributed by atoms with Crippen LogP contribution in [0.15, 0.2) is 54.7 Å². The maximum atomic E-state index is 13.0. The molecule has 4 rings (SSSR count). The van der Waals surface area contributed by atoms with Gasteiger partial charge in [-0.2, -0.15) is 0 Å². The molecule has 0 radical (unpaired) electrons. The number of fused-ring (bicyclic) bond motifs is 2. The molecule has 1 aliphatic heterocycles. The lowest BCUT2D eigenvalue weighted by molar-refractivity contribution is -0.131. The van der Waals surface area contributed by atoms with Gasteiger partial charge in [0.15, 0.2) is 11.5 Å². The van der Waals surface area contributed by atoms with Gasteiger partial charge in [0.2, 0.25) is 5.91 Å². The fourth-order valence-electron chi connectivity index (χ4n) is 3.95. The number of hydrogen-bond donors (Lipinski definition) is 1. The van der Waals surface area contributed by atoms with Gasteiger partial charge in [-0.25, -0.2) is 0 Å². The molecule has 2 heterocycles. The van der Waals surface area contributed by atoms with Crippen molar-refractivity contribution in [1.82, 2.24) is 14.8 Å². The van der Waals surface area contributed by atoms with E-state index in [4.69, 9.17) is 9.47 Å². The predicted octanol–water partition coefficient (Wildman–Crippen LogP) is 2.65. The lowest BCUT2D eigenvalue weighted by atomic mass is 10.1. The van der Waals surface area contributed by atoms with E-state index in [1.165, 1.54) is 0 Å². The third-order valence-corrected chi connectivity index (χ3v) is 5.72. The van der Waals surface area contributed by atoms with Crippen LogP contribution in [0, 0.1) is 0 Å². The van der Waals surface area contributed by atoms with Crippen LogP contribution in [0.3, 0.4) is 0 Å². The molecule has 1 aliphatic rings. The number of carbonyl (C=O) groups is 3. The van der Waals surface area contributed by atoms with Crippen LogP contribution in [0.1, 0.15) is 24.2 Å². The van der Waals surface area contributed by atoms with Crippen LogP contribution in [0.5, 0.6) is 11.5 Å². The van der Waals surface area contributed by atoms with Gasteiger partial charge in [-0.05, 0) is 32.0 Å². The van der Waals surface area contributed by atoms with Crippen molar-refractivity contribution in [3.8, 4) is 11.5 Å². The van der Waals surface area contributed by atoms with Crippen LogP contribution in [-0.2, 0) is 16.1 Å². The molecule has 0 saturated heterocycles. The highest BCUT2D eigenvalue weighted by Gasteiger charge is 2.25. The lowest BCUT2D eigenvalue weighted by Gasteiger charge is -2.26. The molecule has 0 bridgehead atoms. The van der Waals surface area contributed by atoms with Gasteiger partial charge in [-0.3, -0.25) is 14.4 Å². The third-order valence-electron chi connectivity index (χ3n) is 5.72. The largest absolute Gasteiger partial charge is 0.486 e. The Morgan fingerprint density at radius 2 is 1.73 bits per heavy atom. The van der Waals surface area contributed by atoms with E-state index in [0.717, 1.165) is 5.52 Å². The standard InChI is InChI=1S/C25H27N3O5/c1-3-27(4-2)23(29)15-28-14-19(18-9-5-6-10-20(18)28)24(30)25(31)26-13-17-16-32-21-11-7-8-12-22(21)33-17/h5-12,14,17H,3-4,13,15-16H2,1-2H3,(H,26,31)/t17-/m0/s1. The van der Waals surface area contributed by atoms with E-state index in [2.05, 4.69) is 5.32 Å². The zero-order valence-corrected chi connectivity index (χ0v) is 18.7. The van der Waals surface area contributed by atoms with Crippen molar-refractivity contribution in [2.45, 2.75) is 26.5 Å². The summed E-state index contributed by atoms with van der Waals surface area (Å²) < 4.78 is 13.2. The summed E-state index contributed by atoms with van der Waals surface area (Å²) in [5, 5.41) is 3.29. The van der Waals surface area contributed by atoms with Crippen LogP contribution in [0.4, 0.5) is 0 Å². The highest BCUT2D eigenvalue weighted by molar-refractivity contribution is 6.45. The molecule has 0 aliphatic carbocycles. The van der Waals surface area contributed by atoms with Crippen molar-refractivity contribution in [3.05, 3.63) is 60.3 Å². The molecule has 2 aromatic carbocycles. The molecule has 2 amide bonds. The number of ketones is 1. The van der Waals surface area contributed by atoms with Crippen LogP contribution in [-0.4, -0.2) is 59.4 Å². The van der Waals surface area contributed by atoms with Crippen molar-refractivity contribution < 1.29 is 23.9 Å². The molecule has 1 aromatic heterocycles. The Morgan fingerprint density at radius 3 is 2.48 bits per heavy atom. The number of carbonyl (C=O) groups excluding carboxylic acids is 3. The Morgan fingerprint density at radius 1 is 1.03 bits per heavy atom. The van der Waals surface area contributed by atoms with E-state index >= 15 is 0 Å². The molecule has 0 fully saturated rings. The molecule has 172 valence electrons. The SMILES string of the molecule is CCN(CC)C(=O)Cn1cc(C(=O)C(=O)NC[C@H]2COc3ccccc3O2)c2ccccc21. The van der Waals surface area contributed by atoms with E-state index in [0.29, 0.717) is 30.0 Å². The number of rotatable bonds is 8. The van der Waals surface area contributed by atoms with Crippen molar-refractivity contribution in [2.75, 3.05) is 26.2 Å². The third kappa shape index (κ3) is 4.69. The van der Waals surface area contributed by atoms with Crippen molar-refractivity contribution in [3.63, 3.8) is 0 Å². The van der Waals surface area contributed by atoms with Gasteiger partial charge in [-0.15, -0.1) is 0 Å². The van der Waals surface area contributed by atoms with Gasteiger partial charge >= 0.3 is 0 Å². The number of para-hydroxylation sites is 3. The van der Waals surface area contributed by atoms with E-state index in [1.807, 2.05) is 44.2 Å². The lowest BCUT2D eigenvalue weighted by Crippen LogP contribution is -2.42. The summed E-state index contributed by atoms with van der Waals surface area (Å²) in [4.78, 5) is 40.0. The fraction of sp³-hybridized carbons (Fsp3) is 0.320. The first-order chi connectivity index (χ1) is 16.0. The first kappa shape index (κ1) is 22.4. The molecule has 1 N–H and O–H groups in total. The molecule has 8 nitrogen and oxygen atoms in total. The van der Waals surface area contributed by atoms with Gasteiger partial charge in [0, 0.05) is 30.2 Å². The summed E-state index contributed by atoms with van der Waals surface area (Å²) in [6, 6.07) is 14.6. The number of hydrogen-bond acceptors (Lipinski definition) is 5. The Hall–Kier alpha value is -3.81. The maximum absolute atomic E-state index is 13.0. The van der Waals surface area contributed by atoms with E-state index in [-0.39, 0.29) is 31.2 Å². The van der Waals surface area contributed by atoms with Crippen LogP contribution in [0.25, 0.3) is 10.9 Å². The summed E-state index contributed by atoms with van der Waals surface area (Å²) >= 11 is 0. The summed E-state index contributed by atoms with van der Waals surface area (Å²) in [5.41, 5.74) is 0.997. The smallest absolute Gasteiger partial charge is 0.292 e. The molecule has 1 atom stereocenters. The number of nitrogens with zero attached hydrogens (tertiary/aromatic N) is 2.